The van der Waals surface area contributed by atoms with E-state index in [1.54, 1.807) is 6.08 Å². The average Bonchev–Trinajstić information content (AvgIpc) is 2.36. The molecule has 104 valence electrons. The van der Waals surface area contributed by atoms with Gasteiger partial charge in [0.25, 0.3) is 8.32 Å². The third-order valence-corrected chi connectivity index (χ3v) is 7.97. The van der Waals surface area contributed by atoms with Gasteiger partial charge in [0.1, 0.15) is 23.5 Å². The molecule has 0 aliphatic heterocycles. The molecule has 0 unspecified atom stereocenters. The van der Waals surface area contributed by atoms with Gasteiger partial charge in [0, 0.05) is 5.56 Å². The van der Waals surface area contributed by atoms with Gasteiger partial charge in [-0.3, -0.25) is 0 Å². The number of rotatable bonds is 3. The normalized spacial score (nSPS) is 11.2. The summed E-state index contributed by atoms with van der Waals surface area (Å²) in [6, 6.07) is 11.3. The minimum absolute atomic E-state index is 0.0799. The third-order valence-electron chi connectivity index (χ3n) is 3.63. The molecule has 0 atom stereocenters. The second-order valence-electron chi connectivity index (χ2n) is 6.18. The van der Waals surface area contributed by atoms with Gasteiger partial charge in [-0.15, -0.1) is 0 Å². The Morgan fingerprint density at radius 2 is 1.70 bits per heavy atom. The van der Waals surface area contributed by atoms with Crippen molar-refractivity contribution >= 4 is 14.4 Å². The fourth-order valence-electron chi connectivity index (χ4n) is 1.37. The zero-order valence-electron chi connectivity index (χ0n) is 12.7. The molecule has 20 heavy (non-hydrogen) atoms. The lowest BCUT2D eigenvalue weighted by molar-refractivity contribution is 0.491. The Kier molecular flexibility index (Phi) is 4.76. The Morgan fingerprint density at radius 3 is 2.20 bits per heavy atom. The predicted molar refractivity (Wildman–Crippen MR) is 83.5 cm³/mol. The van der Waals surface area contributed by atoms with Crippen molar-refractivity contribution in [2.24, 2.45) is 0 Å². The zero-order valence-corrected chi connectivity index (χ0v) is 13.7. The minimum Gasteiger partial charge on any atom is -0.543 e. The Balaban J connectivity index is 3.20. The van der Waals surface area contributed by atoms with E-state index in [2.05, 4.69) is 33.9 Å². The van der Waals surface area contributed by atoms with Crippen molar-refractivity contribution in [3.8, 4) is 17.9 Å². The van der Waals surface area contributed by atoms with Gasteiger partial charge in [-0.2, -0.15) is 10.5 Å². The maximum absolute atomic E-state index is 8.87. The summed E-state index contributed by atoms with van der Waals surface area (Å²) in [5, 5.41) is 17.8. The molecule has 0 amide bonds. The number of benzene rings is 1. The van der Waals surface area contributed by atoms with Gasteiger partial charge >= 0.3 is 0 Å². The molecular formula is C16H20N2OSi. The second kappa shape index (κ2) is 5.94. The highest BCUT2D eigenvalue weighted by atomic mass is 28.4. The fraction of sp³-hybridized carbons (Fsp3) is 0.375. The molecule has 1 rings (SSSR count). The quantitative estimate of drug-likeness (QED) is 0.606. The van der Waals surface area contributed by atoms with E-state index in [1.807, 2.05) is 36.4 Å². The first-order chi connectivity index (χ1) is 9.21. The highest BCUT2D eigenvalue weighted by molar-refractivity contribution is 6.74. The van der Waals surface area contributed by atoms with Crippen molar-refractivity contribution in [2.75, 3.05) is 0 Å². The van der Waals surface area contributed by atoms with Crippen LogP contribution in [-0.4, -0.2) is 8.32 Å². The highest BCUT2D eigenvalue weighted by Crippen LogP contribution is 2.38. The van der Waals surface area contributed by atoms with Crippen molar-refractivity contribution < 1.29 is 4.43 Å². The van der Waals surface area contributed by atoms with Crippen LogP contribution in [0.25, 0.3) is 6.08 Å². The van der Waals surface area contributed by atoms with E-state index in [0.29, 0.717) is 0 Å². The summed E-state index contributed by atoms with van der Waals surface area (Å²) < 4.78 is 6.26. The Bertz CT molecular complexity index is 582. The molecule has 0 aliphatic carbocycles. The molecule has 0 bridgehead atoms. The minimum atomic E-state index is -1.94. The predicted octanol–water partition coefficient (Wildman–Crippen LogP) is 4.50. The first kappa shape index (κ1) is 16.0. The fourth-order valence-corrected chi connectivity index (χ4v) is 2.41. The molecule has 0 spiro atoms. The summed E-state index contributed by atoms with van der Waals surface area (Å²) in [6.07, 6.45) is 1.57. The van der Waals surface area contributed by atoms with E-state index in [4.69, 9.17) is 14.9 Å². The number of allylic oxidation sites excluding steroid dienone is 1. The molecule has 0 radical (unpaired) electrons. The Hall–Kier alpha value is -2.04. The molecule has 4 heteroatoms. The lowest BCUT2D eigenvalue weighted by atomic mass is 10.1. The summed E-state index contributed by atoms with van der Waals surface area (Å²) in [5.74, 6) is 0.738. The summed E-state index contributed by atoms with van der Waals surface area (Å²) in [4.78, 5) is 0. The van der Waals surface area contributed by atoms with Crippen LogP contribution in [0.15, 0.2) is 29.8 Å². The second-order valence-corrected chi connectivity index (χ2v) is 10.9. The van der Waals surface area contributed by atoms with Crippen LogP contribution in [0.2, 0.25) is 18.1 Å². The van der Waals surface area contributed by atoms with E-state index >= 15 is 0 Å². The van der Waals surface area contributed by atoms with Crippen LogP contribution in [0, 0.1) is 22.7 Å². The van der Waals surface area contributed by atoms with Gasteiger partial charge in [-0.05, 0) is 30.3 Å². The van der Waals surface area contributed by atoms with Crippen LogP contribution in [0.5, 0.6) is 5.75 Å². The molecule has 0 saturated carbocycles. The van der Waals surface area contributed by atoms with Crippen LogP contribution in [-0.2, 0) is 0 Å². The maximum Gasteiger partial charge on any atom is 0.250 e. The third kappa shape index (κ3) is 3.72. The smallest absolute Gasteiger partial charge is 0.250 e. The van der Waals surface area contributed by atoms with Crippen LogP contribution < -0.4 is 4.43 Å². The first-order valence-corrected chi connectivity index (χ1v) is 9.42. The van der Waals surface area contributed by atoms with Crippen LogP contribution in [0.1, 0.15) is 26.3 Å². The average molecular weight is 284 g/mol. The molecule has 3 nitrogen and oxygen atoms in total. The molecule has 1 aromatic rings. The van der Waals surface area contributed by atoms with E-state index < -0.39 is 8.32 Å². The molecule has 1 aromatic carbocycles. The number of hydrogen-bond acceptors (Lipinski definition) is 3. The van der Waals surface area contributed by atoms with Crippen molar-refractivity contribution in [1.82, 2.24) is 0 Å². The number of nitrogens with zero attached hydrogens (tertiary/aromatic N) is 2. The van der Waals surface area contributed by atoms with Gasteiger partial charge in [0.15, 0.2) is 0 Å². The van der Waals surface area contributed by atoms with E-state index in [1.165, 1.54) is 0 Å². The number of nitriles is 2. The van der Waals surface area contributed by atoms with E-state index in [0.717, 1.165) is 11.3 Å². The van der Waals surface area contributed by atoms with E-state index in [-0.39, 0.29) is 10.6 Å². The van der Waals surface area contributed by atoms with Gasteiger partial charge in [-0.25, -0.2) is 0 Å². The summed E-state index contributed by atoms with van der Waals surface area (Å²) in [5.41, 5.74) is 0.853. The zero-order chi connectivity index (χ0) is 15.4. The summed E-state index contributed by atoms with van der Waals surface area (Å²) in [6.45, 7) is 10.9. The van der Waals surface area contributed by atoms with Crippen molar-refractivity contribution in [3.05, 3.63) is 35.4 Å². The van der Waals surface area contributed by atoms with Crippen LogP contribution >= 0.6 is 0 Å². The monoisotopic (exact) mass is 284 g/mol. The lowest BCUT2D eigenvalue weighted by Gasteiger charge is -2.36. The standard InChI is InChI=1S/C16H20N2OSi/c1-16(2,3)20(4,5)19-15-9-7-6-8-14(15)10-13(11-17)12-18/h6-10H,1-5H3. The van der Waals surface area contributed by atoms with Crippen molar-refractivity contribution in [2.45, 2.75) is 38.9 Å². The molecule has 0 aromatic heterocycles. The van der Waals surface area contributed by atoms with E-state index in [9.17, 15) is 0 Å². The van der Waals surface area contributed by atoms with Crippen LogP contribution in [0.3, 0.4) is 0 Å². The Labute approximate surface area is 122 Å². The summed E-state index contributed by atoms with van der Waals surface area (Å²) >= 11 is 0. The molecule has 0 saturated heterocycles. The van der Waals surface area contributed by atoms with Gasteiger partial charge in [0.05, 0.1) is 0 Å². The van der Waals surface area contributed by atoms with Gasteiger partial charge in [-0.1, -0.05) is 39.0 Å². The lowest BCUT2D eigenvalue weighted by Crippen LogP contribution is -2.44. The summed E-state index contributed by atoms with van der Waals surface area (Å²) in [7, 11) is -1.94. The van der Waals surface area contributed by atoms with Gasteiger partial charge in [0.2, 0.25) is 0 Å². The molecule has 0 fully saturated rings. The van der Waals surface area contributed by atoms with Gasteiger partial charge < -0.3 is 4.43 Å². The highest BCUT2D eigenvalue weighted by Gasteiger charge is 2.39. The number of para-hydroxylation sites is 1. The Morgan fingerprint density at radius 1 is 1.15 bits per heavy atom. The molecular weight excluding hydrogens is 264 g/mol. The number of hydrogen-bond donors (Lipinski definition) is 0. The largest absolute Gasteiger partial charge is 0.543 e. The molecule has 0 N–H and O–H groups in total. The molecule has 0 heterocycles. The SMILES string of the molecule is CC(C)(C)[Si](C)(C)Oc1ccccc1C=C(C#N)C#N. The van der Waals surface area contributed by atoms with Crippen LogP contribution in [0.4, 0.5) is 0 Å². The topological polar surface area (TPSA) is 56.8 Å². The maximum atomic E-state index is 8.87. The van der Waals surface area contributed by atoms with Crippen molar-refractivity contribution in [1.29, 1.82) is 10.5 Å². The first-order valence-electron chi connectivity index (χ1n) is 6.51. The molecule has 0 aliphatic rings. The van der Waals surface area contributed by atoms with Crippen molar-refractivity contribution in [3.63, 3.8) is 0 Å².